The van der Waals surface area contributed by atoms with E-state index in [9.17, 15) is 9.59 Å². The maximum absolute atomic E-state index is 12.4. The highest BCUT2D eigenvalue weighted by Gasteiger charge is 2.22. The number of rotatable bonds is 5. The SMILES string of the molecule is COc1ccc(-c2nc3ccc(C(=O)OCC(=O)N4CCCC(C)C4)cc3[nH]2)cc1. The number of imidazole rings is 1. The summed E-state index contributed by atoms with van der Waals surface area (Å²) < 4.78 is 10.4. The predicted octanol–water partition coefficient (Wildman–Crippen LogP) is 3.65. The van der Waals surface area contributed by atoms with Crippen LogP contribution in [0.3, 0.4) is 0 Å². The number of nitrogens with one attached hydrogen (secondary N) is 1. The predicted molar refractivity (Wildman–Crippen MR) is 113 cm³/mol. The second kappa shape index (κ2) is 8.57. The lowest BCUT2D eigenvalue weighted by molar-refractivity contribution is -0.136. The molecule has 3 aromatic rings. The van der Waals surface area contributed by atoms with E-state index in [0.717, 1.165) is 48.3 Å². The van der Waals surface area contributed by atoms with Gasteiger partial charge in [-0.2, -0.15) is 0 Å². The van der Waals surface area contributed by atoms with Crippen LogP contribution in [0.2, 0.25) is 0 Å². The Hall–Kier alpha value is -3.35. The first-order valence-electron chi connectivity index (χ1n) is 10.1. The summed E-state index contributed by atoms with van der Waals surface area (Å²) in [4.78, 5) is 34.3. The Morgan fingerprint density at radius 3 is 2.73 bits per heavy atom. The van der Waals surface area contributed by atoms with E-state index in [1.54, 1.807) is 30.2 Å². The summed E-state index contributed by atoms with van der Waals surface area (Å²) >= 11 is 0. The monoisotopic (exact) mass is 407 g/mol. The van der Waals surface area contributed by atoms with E-state index in [0.29, 0.717) is 17.3 Å². The van der Waals surface area contributed by atoms with Crippen LogP contribution in [0.1, 0.15) is 30.1 Å². The molecule has 0 spiro atoms. The van der Waals surface area contributed by atoms with Gasteiger partial charge in [0, 0.05) is 18.7 Å². The van der Waals surface area contributed by atoms with Gasteiger partial charge >= 0.3 is 5.97 Å². The molecule has 7 nitrogen and oxygen atoms in total. The van der Waals surface area contributed by atoms with Crippen LogP contribution in [0, 0.1) is 5.92 Å². The summed E-state index contributed by atoms with van der Waals surface area (Å²) in [6.45, 7) is 3.36. The number of esters is 1. The van der Waals surface area contributed by atoms with Gasteiger partial charge < -0.3 is 19.4 Å². The first kappa shape index (κ1) is 19.9. The zero-order valence-corrected chi connectivity index (χ0v) is 17.2. The minimum Gasteiger partial charge on any atom is -0.497 e. The van der Waals surface area contributed by atoms with Crippen molar-refractivity contribution in [3.63, 3.8) is 0 Å². The Kier molecular flexibility index (Phi) is 5.70. The van der Waals surface area contributed by atoms with Gasteiger partial charge in [-0.05, 0) is 61.2 Å². The van der Waals surface area contributed by atoms with Crippen molar-refractivity contribution in [1.29, 1.82) is 0 Å². The topological polar surface area (TPSA) is 84.5 Å². The van der Waals surface area contributed by atoms with Crippen molar-refractivity contribution < 1.29 is 19.1 Å². The summed E-state index contributed by atoms with van der Waals surface area (Å²) in [7, 11) is 1.62. The summed E-state index contributed by atoms with van der Waals surface area (Å²) in [5, 5.41) is 0. The molecule has 1 N–H and O–H groups in total. The Balaban J connectivity index is 1.43. The van der Waals surface area contributed by atoms with Crippen LogP contribution in [0.4, 0.5) is 0 Å². The quantitative estimate of drug-likeness (QED) is 0.653. The molecule has 2 heterocycles. The fourth-order valence-corrected chi connectivity index (χ4v) is 3.74. The van der Waals surface area contributed by atoms with Crippen LogP contribution in [-0.4, -0.2) is 53.6 Å². The van der Waals surface area contributed by atoms with Crippen LogP contribution in [0.15, 0.2) is 42.5 Å². The highest BCUT2D eigenvalue weighted by Crippen LogP contribution is 2.23. The number of likely N-dealkylation sites (tertiary alicyclic amines) is 1. The van der Waals surface area contributed by atoms with Gasteiger partial charge in [0.25, 0.3) is 5.91 Å². The Morgan fingerprint density at radius 2 is 2.00 bits per heavy atom. The molecule has 156 valence electrons. The van der Waals surface area contributed by atoms with Crippen LogP contribution < -0.4 is 4.74 Å². The molecule has 1 unspecified atom stereocenters. The summed E-state index contributed by atoms with van der Waals surface area (Å²) in [6.07, 6.45) is 2.13. The van der Waals surface area contributed by atoms with Gasteiger partial charge in [0.2, 0.25) is 0 Å². The van der Waals surface area contributed by atoms with Crippen molar-refractivity contribution in [3.8, 4) is 17.1 Å². The third kappa shape index (κ3) is 4.30. The van der Waals surface area contributed by atoms with E-state index in [-0.39, 0.29) is 12.5 Å². The van der Waals surface area contributed by atoms with E-state index in [1.165, 1.54) is 0 Å². The van der Waals surface area contributed by atoms with Gasteiger partial charge in [-0.3, -0.25) is 4.79 Å². The van der Waals surface area contributed by atoms with Crippen molar-refractivity contribution >= 4 is 22.9 Å². The standard InChI is InChI=1S/C23H25N3O4/c1-15-4-3-11-26(13-15)21(27)14-30-23(28)17-7-10-19-20(12-17)25-22(24-19)16-5-8-18(29-2)9-6-16/h5-10,12,15H,3-4,11,13-14H2,1-2H3,(H,24,25). The molecular formula is C23H25N3O4. The molecule has 0 saturated carbocycles. The van der Waals surface area contributed by atoms with Gasteiger partial charge in [-0.15, -0.1) is 0 Å². The molecule has 1 aliphatic heterocycles. The highest BCUT2D eigenvalue weighted by molar-refractivity contribution is 5.95. The van der Waals surface area contributed by atoms with Crippen LogP contribution >= 0.6 is 0 Å². The fourth-order valence-electron chi connectivity index (χ4n) is 3.74. The molecule has 1 saturated heterocycles. The zero-order valence-electron chi connectivity index (χ0n) is 17.2. The van der Waals surface area contributed by atoms with Gasteiger partial charge in [0.1, 0.15) is 11.6 Å². The van der Waals surface area contributed by atoms with E-state index in [2.05, 4.69) is 16.9 Å². The number of carbonyl (C=O) groups is 2. The van der Waals surface area contributed by atoms with Gasteiger partial charge in [-0.25, -0.2) is 9.78 Å². The lowest BCUT2D eigenvalue weighted by atomic mass is 10.0. The number of carbonyl (C=O) groups excluding carboxylic acids is 2. The summed E-state index contributed by atoms with van der Waals surface area (Å²) in [5.74, 6) is 1.30. The van der Waals surface area contributed by atoms with Gasteiger partial charge in [0.05, 0.1) is 23.7 Å². The first-order chi connectivity index (χ1) is 14.5. The smallest absolute Gasteiger partial charge is 0.338 e. The number of hydrogen-bond acceptors (Lipinski definition) is 5. The molecule has 2 aromatic carbocycles. The van der Waals surface area contributed by atoms with Crippen molar-refractivity contribution in [2.75, 3.05) is 26.8 Å². The minimum absolute atomic E-state index is 0.140. The maximum Gasteiger partial charge on any atom is 0.338 e. The van der Waals surface area contributed by atoms with Crippen molar-refractivity contribution in [2.24, 2.45) is 5.92 Å². The number of H-pyrrole nitrogens is 1. The minimum atomic E-state index is -0.518. The largest absolute Gasteiger partial charge is 0.497 e. The summed E-state index contributed by atoms with van der Waals surface area (Å²) in [5.41, 5.74) is 2.77. The molecule has 0 bridgehead atoms. The van der Waals surface area contributed by atoms with Gasteiger partial charge in [0.15, 0.2) is 6.61 Å². The molecule has 1 amide bonds. The maximum atomic E-state index is 12.4. The molecule has 4 rings (SSSR count). The molecule has 1 fully saturated rings. The molecule has 1 aliphatic rings. The average Bonchev–Trinajstić information content (AvgIpc) is 3.20. The highest BCUT2D eigenvalue weighted by atomic mass is 16.5. The average molecular weight is 407 g/mol. The number of nitrogens with zero attached hydrogens (tertiary/aromatic N) is 2. The first-order valence-corrected chi connectivity index (χ1v) is 10.1. The number of hydrogen-bond donors (Lipinski definition) is 1. The van der Waals surface area contributed by atoms with E-state index >= 15 is 0 Å². The lowest BCUT2D eigenvalue weighted by Gasteiger charge is -2.30. The normalized spacial score (nSPS) is 16.5. The third-order valence-electron chi connectivity index (χ3n) is 5.42. The third-order valence-corrected chi connectivity index (χ3v) is 5.42. The number of benzene rings is 2. The second-order valence-corrected chi connectivity index (χ2v) is 7.71. The molecule has 1 aromatic heterocycles. The van der Waals surface area contributed by atoms with Crippen LogP contribution in [0.25, 0.3) is 22.4 Å². The van der Waals surface area contributed by atoms with Crippen LogP contribution in [-0.2, 0) is 9.53 Å². The number of aromatic amines is 1. The molecule has 1 atom stereocenters. The van der Waals surface area contributed by atoms with Crippen molar-refractivity contribution in [2.45, 2.75) is 19.8 Å². The second-order valence-electron chi connectivity index (χ2n) is 7.71. The Morgan fingerprint density at radius 1 is 1.20 bits per heavy atom. The molecule has 0 radical (unpaired) electrons. The number of amides is 1. The zero-order chi connectivity index (χ0) is 21.1. The lowest BCUT2D eigenvalue weighted by Crippen LogP contribution is -2.41. The fraction of sp³-hybridized carbons (Fsp3) is 0.348. The Bertz CT molecular complexity index is 1060. The number of piperidine rings is 1. The molecular weight excluding hydrogens is 382 g/mol. The number of methoxy groups -OCH3 is 1. The molecule has 0 aliphatic carbocycles. The van der Waals surface area contributed by atoms with Crippen molar-refractivity contribution in [1.82, 2.24) is 14.9 Å². The number of aromatic nitrogens is 2. The molecule has 7 heteroatoms. The van der Waals surface area contributed by atoms with E-state index < -0.39 is 5.97 Å². The van der Waals surface area contributed by atoms with Gasteiger partial charge in [-0.1, -0.05) is 6.92 Å². The van der Waals surface area contributed by atoms with E-state index in [1.807, 2.05) is 24.3 Å². The Labute approximate surface area is 175 Å². The van der Waals surface area contributed by atoms with Crippen LogP contribution in [0.5, 0.6) is 5.75 Å². The van der Waals surface area contributed by atoms with Crippen molar-refractivity contribution in [3.05, 3.63) is 48.0 Å². The number of ether oxygens (including phenoxy) is 2. The molecule has 30 heavy (non-hydrogen) atoms. The summed E-state index contributed by atoms with van der Waals surface area (Å²) in [6, 6.07) is 12.7. The number of fused-ring (bicyclic) bond motifs is 1. The van der Waals surface area contributed by atoms with E-state index in [4.69, 9.17) is 9.47 Å².